The zero-order valence-electron chi connectivity index (χ0n) is 16.6. The summed E-state index contributed by atoms with van der Waals surface area (Å²) in [5, 5.41) is 4.98. The number of benzene rings is 2. The van der Waals surface area contributed by atoms with Gasteiger partial charge in [-0.1, -0.05) is 30.3 Å². The van der Waals surface area contributed by atoms with Crippen molar-refractivity contribution >= 4 is 27.7 Å². The number of aryl methyl sites for hydroxylation is 2. The highest BCUT2D eigenvalue weighted by molar-refractivity contribution is 5.98. The van der Waals surface area contributed by atoms with Gasteiger partial charge in [-0.25, -0.2) is 0 Å². The fraction of sp³-hybridized carbons (Fsp3) is 0.208. The zero-order valence-corrected chi connectivity index (χ0v) is 16.6. The van der Waals surface area contributed by atoms with Crippen LogP contribution in [-0.2, 0) is 0 Å². The highest BCUT2D eigenvalue weighted by Gasteiger charge is 2.11. The van der Waals surface area contributed by atoms with Crippen molar-refractivity contribution in [3.8, 4) is 5.75 Å². The molecular weight excluding hydrogens is 362 g/mol. The first-order valence-corrected chi connectivity index (χ1v) is 9.74. The van der Waals surface area contributed by atoms with Crippen LogP contribution in [0.3, 0.4) is 0 Å². The van der Waals surface area contributed by atoms with Gasteiger partial charge in [0.05, 0.1) is 23.4 Å². The summed E-state index contributed by atoms with van der Waals surface area (Å²) in [5.74, 6) is 0.656. The van der Waals surface area contributed by atoms with Crippen LogP contribution in [0.5, 0.6) is 5.75 Å². The van der Waals surface area contributed by atoms with Gasteiger partial charge in [-0.05, 0) is 50.1 Å². The molecule has 2 heterocycles. The Hall–Kier alpha value is -3.47. The molecule has 146 valence electrons. The third-order valence-electron chi connectivity index (χ3n) is 4.87. The van der Waals surface area contributed by atoms with E-state index >= 15 is 0 Å². The van der Waals surface area contributed by atoms with E-state index < -0.39 is 0 Å². The Morgan fingerprint density at radius 2 is 1.90 bits per heavy atom. The van der Waals surface area contributed by atoms with Crippen molar-refractivity contribution in [1.82, 2.24) is 15.3 Å². The molecule has 1 amide bonds. The molecule has 0 saturated carbocycles. The van der Waals surface area contributed by atoms with Gasteiger partial charge in [0.25, 0.3) is 5.91 Å². The molecule has 2 aromatic carbocycles. The van der Waals surface area contributed by atoms with Gasteiger partial charge in [0.2, 0.25) is 0 Å². The fourth-order valence-electron chi connectivity index (χ4n) is 3.35. The zero-order chi connectivity index (χ0) is 20.2. The van der Waals surface area contributed by atoms with E-state index in [4.69, 9.17) is 4.74 Å². The Bertz CT molecular complexity index is 1180. The standard InChI is InChI=1S/C24H23N3O2/c1-16-9-10-19-15-20(17(2)27-21(19)14-16)24(28)26-12-5-13-29-22-8-3-6-18-7-4-11-25-23(18)22/h3-4,6-11,14-15H,5,12-13H2,1-2H3,(H,26,28). The van der Waals surface area contributed by atoms with E-state index in [-0.39, 0.29) is 5.91 Å². The molecule has 0 aliphatic heterocycles. The van der Waals surface area contributed by atoms with Gasteiger partial charge in [0.1, 0.15) is 11.3 Å². The fourth-order valence-corrected chi connectivity index (χ4v) is 3.35. The molecule has 4 aromatic rings. The van der Waals surface area contributed by atoms with Crippen molar-refractivity contribution in [1.29, 1.82) is 0 Å². The molecule has 0 spiro atoms. The predicted octanol–water partition coefficient (Wildman–Crippen LogP) is 4.60. The number of hydrogen-bond donors (Lipinski definition) is 1. The molecule has 29 heavy (non-hydrogen) atoms. The highest BCUT2D eigenvalue weighted by Crippen LogP contribution is 2.23. The summed E-state index contributed by atoms with van der Waals surface area (Å²) in [5.41, 5.74) is 4.27. The second-order valence-corrected chi connectivity index (χ2v) is 7.11. The molecule has 1 N–H and O–H groups in total. The summed E-state index contributed by atoms with van der Waals surface area (Å²) in [6.07, 6.45) is 2.46. The second-order valence-electron chi connectivity index (χ2n) is 7.11. The molecule has 5 nitrogen and oxygen atoms in total. The molecule has 4 rings (SSSR count). The minimum absolute atomic E-state index is 0.107. The average Bonchev–Trinajstić information content (AvgIpc) is 2.73. The molecule has 0 fully saturated rings. The number of rotatable bonds is 6. The normalized spacial score (nSPS) is 11.0. The van der Waals surface area contributed by atoms with E-state index in [2.05, 4.69) is 15.3 Å². The molecular formula is C24H23N3O2. The lowest BCUT2D eigenvalue weighted by atomic mass is 10.1. The maximum absolute atomic E-state index is 12.6. The van der Waals surface area contributed by atoms with Crippen LogP contribution in [0.15, 0.2) is 60.8 Å². The van der Waals surface area contributed by atoms with E-state index in [1.165, 1.54) is 0 Å². The molecule has 0 aliphatic rings. The van der Waals surface area contributed by atoms with Crippen LogP contribution in [0.25, 0.3) is 21.8 Å². The van der Waals surface area contributed by atoms with Gasteiger partial charge >= 0.3 is 0 Å². The number of nitrogens with one attached hydrogen (secondary N) is 1. The van der Waals surface area contributed by atoms with Gasteiger partial charge in [-0.3, -0.25) is 14.8 Å². The highest BCUT2D eigenvalue weighted by atomic mass is 16.5. The minimum Gasteiger partial charge on any atom is -0.491 e. The predicted molar refractivity (Wildman–Crippen MR) is 115 cm³/mol. The molecule has 0 radical (unpaired) electrons. The summed E-state index contributed by atoms with van der Waals surface area (Å²) < 4.78 is 5.87. The number of carbonyl (C=O) groups excluding carboxylic acids is 1. The Morgan fingerprint density at radius 1 is 1.03 bits per heavy atom. The van der Waals surface area contributed by atoms with Crippen LogP contribution >= 0.6 is 0 Å². The Labute approximate surface area is 169 Å². The van der Waals surface area contributed by atoms with Crippen molar-refractivity contribution in [3.05, 3.63) is 77.6 Å². The Kier molecular flexibility index (Phi) is 5.38. The van der Waals surface area contributed by atoms with Gasteiger partial charge in [-0.2, -0.15) is 0 Å². The van der Waals surface area contributed by atoms with Crippen molar-refractivity contribution < 1.29 is 9.53 Å². The first-order valence-electron chi connectivity index (χ1n) is 9.74. The molecule has 0 bridgehead atoms. The molecule has 0 saturated heterocycles. The number of hydrogen-bond acceptors (Lipinski definition) is 4. The number of para-hydroxylation sites is 1. The molecule has 0 unspecified atom stereocenters. The molecule has 0 aliphatic carbocycles. The maximum Gasteiger partial charge on any atom is 0.253 e. The largest absolute Gasteiger partial charge is 0.491 e. The third-order valence-corrected chi connectivity index (χ3v) is 4.87. The first-order chi connectivity index (χ1) is 14.1. The van der Waals surface area contributed by atoms with E-state index in [1.54, 1.807) is 6.20 Å². The summed E-state index contributed by atoms with van der Waals surface area (Å²) in [6.45, 7) is 4.94. The lowest BCUT2D eigenvalue weighted by molar-refractivity contribution is 0.0950. The van der Waals surface area contributed by atoms with Gasteiger partial charge in [0, 0.05) is 23.5 Å². The lowest BCUT2D eigenvalue weighted by Gasteiger charge is -2.11. The lowest BCUT2D eigenvalue weighted by Crippen LogP contribution is -2.26. The van der Waals surface area contributed by atoms with Crippen LogP contribution in [0, 0.1) is 13.8 Å². The van der Waals surface area contributed by atoms with E-state index in [0.29, 0.717) is 25.1 Å². The van der Waals surface area contributed by atoms with Crippen LogP contribution in [0.1, 0.15) is 28.0 Å². The minimum atomic E-state index is -0.107. The van der Waals surface area contributed by atoms with Crippen molar-refractivity contribution in [3.63, 3.8) is 0 Å². The first kappa shape index (κ1) is 18.9. The maximum atomic E-state index is 12.6. The smallest absolute Gasteiger partial charge is 0.253 e. The number of fused-ring (bicyclic) bond motifs is 2. The van der Waals surface area contributed by atoms with Crippen LogP contribution in [-0.4, -0.2) is 29.0 Å². The Morgan fingerprint density at radius 3 is 2.79 bits per heavy atom. The van der Waals surface area contributed by atoms with Crippen molar-refractivity contribution in [2.45, 2.75) is 20.3 Å². The van der Waals surface area contributed by atoms with Crippen molar-refractivity contribution in [2.75, 3.05) is 13.2 Å². The summed E-state index contributed by atoms with van der Waals surface area (Å²) in [7, 11) is 0. The second kappa shape index (κ2) is 8.27. The van der Waals surface area contributed by atoms with Gasteiger partial charge < -0.3 is 10.1 Å². The number of amides is 1. The summed E-state index contributed by atoms with van der Waals surface area (Å²) in [6, 6.07) is 17.8. The molecule has 0 atom stereocenters. The van der Waals surface area contributed by atoms with Crippen LogP contribution in [0.4, 0.5) is 0 Å². The van der Waals surface area contributed by atoms with Crippen LogP contribution in [0.2, 0.25) is 0 Å². The topological polar surface area (TPSA) is 64.1 Å². The van der Waals surface area contributed by atoms with Crippen LogP contribution < -0.4 is 10.1 Å². The third kappa shape index (κ3) is 4.19. The summed E-state index contributed by atoms with van der Waals surface area (Å²) in [4.78, 5) is 21.5. The number of pyridine rings is 2. The SMILES string of the molecule is Cc1ccc2cc(C(=O)NCCCOc3cccc4cccnc34)c(C)nc2c1. The number of nitrogens with zero attached hydrogens (tertiary/aromatic N) is 2. The van der Waals surface area contributed by atoms with Gasteiger partial charge in [0.15, 0.2) is 0 Å². The quantitative estimate of drug-likeness (QED) is 0.493. The summed E-state index contributed by atoms with van der Waals surface area (Å²) >= 11 is 0. The van der Waals surface area contributed by atoms with E-state index in [1.807, 2.05) is 68.4 Å². The number of carbonyl (C=O) groups is 1. The molecule has 5 heteroatoms. The monoisotopic (exact) mass is 385 g/mol. The van der Waals surface area contributed by atoms with Gasteiger partial charge in [-0.15, -0.1) is 0 Å². The molecule has 2 aromatic heterocycles. The Balaban J connectivity index is 1.34. The van der Waals surface area contributed by atoms with E-state index in [0.717, 1.165) is 38.8 Å². The number of aromatic nitrogens is 2. The van der Waals surface area contributed by atoms with E-state index in [9.17, 15) is 4.79 Å². The number of ether oxygens (including phenoxy) is 1. The average molecular weight is 385 g/mol. The van der Waals surface area contributed by atoms with Crippen molar-refractivity contribution in [2.24, 2.45) is 0 Å².